The maximum absolute atomic E-state index is 11.9. The molecule has 1 aromatic heterocycles. The van der Waals surface area contributed by atoms with E-state index in [1.807, 2.05) is 19.9 Å². The minimum absolute atomic E-state index is 0.249. The lowest BCUT2D eigenvalue weighted by atomic mass is 10.1. The number of carboxylic acid groups (broad SMARTS) is 1. The van der Waals surface area contributed by atoms with Crippen molar-refractivity contribution in [1.82, 2.24) is 9.88 Å². The van der Waals surface area contributed by atoms with Gasteiger partial charge in [-0.05, 0) is 39.2 Å². The Labute approximate surface area is 155 Å². The van der Waals surface area contributed by atoms with Crippen LogP contribution in [0, 0.1) is 20.8 Å². The number of aromatic nitrogens is 1. The highest BCUT2D eigenvalue weighted by molar-refractivity contribution is 5.91. The van der Waals surface area contributed by atoms with E-state index in [2.05, 4.69) is 35.0 Å². The first-order valence-corrected chi connectivity index (χ1v) is 9.27. The zero-order valence-electron chi connectivity index (χ0n) is 15.8. The third-order valence-corrected chi connectivity index (χ3v) is 5.24. The SMILES string of the molecule is Cc1cccc(Cn2c(C)c(CNC[C@H]3CCCO3)c(C(=O)O)c2C)c1. The number of aromatic carboxylic acids is 1. The molecule has 2 heterocycles. The Kier molecular flexibility index (Phi) is 5.79. The van der Waals surface area contributed by atoms with Gasteiger partial charge in [-0.25, -0.2) is 4.79 Å². The third-order valence-electron chi connectivity index (χ3n) is 5.24. The van der Waals surface area contributed by atoms with Crippen LogP contribution in [-0.2, 0) is 17.8 Å². The maximum Gasteiger partial charge on any atom is 0.337 e. The first kappa shape index (κ1) is 18.7. The molecule has 2 aromatic rings. The van der Waals surface area contributed by atoms with Crippen LogP contribution in [0.15, 0.2) is 24.3 Å². The number of aryl methyl sites for hydroxylation is 1. The Bertz CT molecular complexity index is 789. The van der Waals surface area contributed by atoms with Gasteiger partial charge in [0.1, 0.15) is 0 Å². The van der Waals surface area contributed by atoms with Gasteiger partial charge in [-0.3, -0.25) is 0 Å². The average molecular weight is 356 g/mol. The summed E-state index contributed by atoms with van der Waals surface area (Å²) in [4.78, 5) is 11.9. The van der Waals surface area contributed by atoms with E-state index in [0.717, 1.165) is 42.9 Å². The second-order valence-electron chi connectivity index (χ2n) is 7.17. The summed E-state index contributed by atoms with van der Waals surface area (Å²) in [6, 6.07) is 8.35. The molecule has 2 N–H and O–H groups in total. The molecule has 0 unspecified atom stereocenters. The smallest absolute Gasteiger partial charge is 0.337 e. The van der Waals surface area contributed by atoms with Crippen LogP contribution >= 0.6 is 0 Å². The number of carboxylic acids is 1. The number of rotatable bonds is 7. The molecule has 3 rings (SSSR count). The van der Waals surface area contributed by atoms with Crippen molar-refractivity contribution >= 4 is 5.97 Å². The Hall–Kier alpha value is -2.11. The van der Waals surface area contributed by atoms with Gasteiger partial charge in [-0.15, -0.1) is 0 Å². The van der Waals surface area contributed by atoms with E-state index in [0.29, 0.717) is 18.7 Å². The normalized spacial score (nSPS) is 17.0. The van der Waals surface area contributed by atoms with Crippen molar-refractivity contribution in [3.63, 3.8) is 0 Å². The van der Waals surface area contributed by atoms with E-state index >= 15 is 0 Å². The number of benzene rings is 1. The molecule has 1 atom stereocenters. The molecule has 140 valence electrons. The fourth-order valence-electron chi connectivity index (χ4n) is 3.84. The standard InChI is InChI=1S/C21H28N2O3/c1-14-6-4-7-17(10-14)13-23-15(2)19(20(16(23)3)21(24)25)12-22-11-18-8-5-9-26-18/h4,6-7,10,18,22H,5,8-9,11-13H2,1-3H3,(H,24,25)/t18-/m1/s1. The first-order valence-electron chi connectivity index (χ1n) is 9.27. The molecule has 0 radical (unpaired) electrons. The summed E-state index contributed by atoms with van der Waals surface area (Å²) in [5.41, 5.74) is 5.52. The third kappa shape index (κ3) is 4.00. The van der Waals surface area contributed by atoms with Crippen molar-refractivity contribution in [3.8, 4) is 0 Å². The quantitative estimate of drug-likeness (QED) is 0.798. The maximum atomic E-state index is 11.9. The minimum Gasteiger partial charge on any atom is -0.478 e. The summed E-state index contributed by atoms with van der Waals surface area (Å²) in [6.45, 7) is 8.81. The molecule has 0 saturated carbocycles. The zero-order valence-corrected chi connectivity index (χ0v) is 15.8. The number of ether oxygens (including phenoxy) is 1. The molecule has 5 nitrogen and oxygen atoms in total. The van der Waals surface area contributed by atoms with Crippen LogP contribution < -0.4 is 5.32 Å². The summed E-state index contributed by atoms with van der Waals surface area (Å²) in [5, 5.41) is 13.1. The number of carbonyl (C=O) groups is 1. The van der Waals surface area contributed by atoms with Crippen LogP contribution in [0.25, 0.3) is 0 Å². The van der Waals surface area contributed by atoms with Crippen molar-refractivity contribution in [2.24, 2.45) is 0 Å². The molecule has 0 bridgehead atoms. The van der Waals surface area contributed by atoms with Gasteiger partial charge in [-0.1, -0.05) is 29.8 Å². The van der Waals surface area contributed by atoms with Crippen molar-refractivity contribution in [2.75, 3.05) is 13.2 Å². The zero-order chi connectivity index (χ0) is 18.7. The van der Waals surface area contributed by atoms with Crippen LogP contribution in [0.4, 0.5) is 0 Å². The van der Waals surface area contributed by atoms with E-state index in [9.17, 15) is 9.90 Å². The molecule has 1 aliphatic heterocycles. The number of hydrogen-bond donors (Lipinski definition) is 2. The largest absolute Gasteiger partial charge is 0.478 e. The Morgan fingerprint density at radius 1 is 1.31 bits per heavy atom. The summed E-state index contributed by atoms with van der Waals surface area (Å²) >= 11 is 0. The second-order valence-corrected chi connectivity index (χ2v) is 7.17. The predicted molar refractivity (Wildman–Crippen MR) is 102 cm³/mol. The Morgan fingerprint density at radius 3 is 2.77 bits per heavy atom. The van der Waals surface area contributed by atoms with Gasteiger partial charge in [0.15, 0.2) is 0 Å². The van der Waals surface area contributed by atoms with E-state index in [1.165, 1.54) is 11.1 Å². The highest BCUT2D eigenvalue weighted by atomic mass is 16.5. The van der Waals surface area contributed by atoms with E-state index < -0.39 is 5.97 Å². The average Bonchev–Trinajstić information content (AvgIpc) is 3.18. The molecule has 5 heteroatoms. The molecule has 1 saturated heterocycles. The van der Waals surface area contributed by atoms with Crippen molar-refractivity contribution in [2.45, 2.75) is 52.8 Å². The highest BCUT2D eigenvalue weighted by Crippen LogP contribution is 2.24. The fraction of sp³-hybridized carbons (Fsp3) is 0.476. The minimum atomic E-state index is -0.859. The molecule has 0 spiro atoms. The number of nitrogens with one attached hydrogen (secondary N) is 1. The van der Waals surface area contributed by atoms with Gasteiger partial charge in [0.25, 0.3) is 0 Å². The molecule has 1 fully saturated rings. The monoisotopic (exact) mass is 356 g/mol. The lowest BCUT2D eigenvalue weighted by Gasteiger charge is -2.12. The lowest BCUT2D eigenvalue weighted by molar-refractivity contribution is 0.0694. The van der Waals surface area contributed by atoms with Gasteiger partial charge in [-0.2, -0.15) is 0 Å². The van der Waals surface area contributed by atoms with E-state index in [4.69, 9.17) is 4.74 Å². The van der Waals surface area contributed by atoms with Crippen LogP contribution in [0.3, 0.4) is 0 Å². The summed E-state index contributed by atoms with van der Waals surface area (Å²) in [7, 11) is 0. The number of nitrogens with zero attached hydrogens (tertiary/aromatic N) is 1. The van der Waals surface area contributed by atoms with Crippen LogP contribution in [-0.4, -0.2) is 34.9 Å². The van der Waals surface area contributed by atoms with Crippen LogP contribution in [0.5, 0.6) is 0 Å². The Morgan fingerprint density at radius 2 is 2.12 bits per heavy atom. The summed E-state index contributed by atoms with van der Waals surface area (Å²) in [5.74, 6) is -0.859. The first-order chi connectivity index (χ1) is 12.5. The predicted octanol–water partition coefficient (Wildman–Crippen LogP) is 3.43. The second kappa shape index (κ2) is 8.06. The van der Waals surface area contributed by atoms with Gasteiger partial charge in [0.05, 0.1) is 11.7 Å². The summed E-state index contributed by atoms with van der Waals surface area (Å²) in [6.07, 6.45) is 2.43. The van der Waals surface area contributed by atoms with Crippen LogP contribution in [0.1, 0.15) is 51.3 Å². The molecular weight excluding hydrogens is 328 g/mol. The highest BCUT2D eigenvalue weighted by Gasteiger charge is 2.23. The number of hydrogen-bond acceptors (Lipinski definition) is 3. The van der Waals surface area contributed by atoms with E-state index in [1.54, 1.807) is 0 Å². The molecule has 26 heavy (non-hydrogen) atoms. The van der Waals surface area contributed by atoms with Gasteiger partial charge in [0, 0.05) is 43.2 Å². The topological polar surface area (TPSA) is 63.5 Å². The van der Waals surface area contributed by atoms with Gasteiger partial charge < -0.3 is 19.7 Å². The van der Waals surface area contributed by atoms with Crippen LogP contribution in [0.2, 0.25) is 0 Å². The Balaban J connectivity index is 1.82. The lowest BCUT2D eigenvalue weighted by Crippen LogP contribution is -2.26. The summed E-state index contributed by atoms with van der Waals surface area (Å²) < 4.78 is 7.75. The fourth-order valence-corrected chi connectivity index (χ4v) is 3.84. The van der Waals surface area contributed by atoms with Gasteiger partial charge >= 0.3 is 5.97 Å². The molecule has 1 aliphatic rings. The molecule has 1 aromatic carbocycles. The van der Waals surface area contributed by atoms with Gasteiger partial charge in [0.2, 0.25) is 0 Å². The molecular formula is C21H28N2O3. The van der Waals surface area contributed by atoms with E-state index in [-0.39, 0.29) is 6.10 Å². The molecule has 0 aliphatic carbocycles. The van der Waals surface area contributed by atoms with Crippen molar-refractivity contribution in [3.05, 3.63) is 57.9 Å². The molecule has 0 amide bonds. The van der Waals surface area contributed by atoms with Crippen molar-refractivity contribution < 1.29 is 14.6 Å². The van der Waals surface area contributed by atoms with Crippen molar-refractivity contribution in [1.29, 1.82) is 0 Å².